The van der Waals surface area contributed by atoms with Crippen LogP contribution in [0.25, 0.3) is 0 Å². The molecule has 0 bridgehead atoms. The van der Waals surface area contributed by atoms with Crippen LogP contribution in [0, 0.1) is 17.7 Å². The first-order chi connectivity index (χ1) is 10.2. The quantitative estimate of drug-likeness (QED) is 0.702. The Hall–Kier alpha value is -0.540. The number of nitrogens with one attached hydrogen (secondary N) is 1. The van der Waals surface area contributed by atoms with Gasteiger partial charge in [0, 0.05) is 16.7 Å². The van der Waals surface area contributed by atoms with E-state index in [0.29, 0.717) is 6.04 Å². The van der Waals surface area contributed by atoms with Gasteiger partial charge < -0.3 is 5.32 Å². The highest BCUT2D eigenvalue weighted by atomic mass is 32.2. The summed E-state index contributed by atoms with van der Waals surface area (Å²) >= 11 is 1.79. The summed E-state index contributed by atoms with van der Waals surface area (Å²) in [6.45, 7) is 5.67. The topological polar surface area (TPSA) is 12.0 Å². The molecule has 3 heteroatoms. The minimum absolute atomic E-state index is 0.135. The van der Waals surface area contributed by atoms with Crippen molar-refractivity contribution in [1.82, 2.24) is 5.32 Å². The number of hydrogen-bond donors (Lipinski definition) is 1. The maximum Gasteiger partial charge on any atom is 0.124 e. The first-order valence-electron chi connectivity index (χ1n) is 8.30. The third-order valence-corrected chi connectivity index (χ3v) is 5.62. The van der Waals surface area contributed by atoms with Crippen molar-refractivity contribution < 1.29 is 4.39 Å². The van der Waals surface area contributed by atoms with Gasteiger partial charge in [-0.25, -0.2) is 4.39 Å². The van der Waals surface area contributed by atoms with Crippen molar-refractivity contribution in [2.24, 2.45) is 11.8 Å². The van der Waals surface area contributed by atoms with Gasteiger partial charge in [-0.05, 0) is 55.8 Å². The van der Waals surface area contributed by atoms with Crippen LogP contribution in [0.2, 0.25) is 0 Å². The van der Waals surface area contributed by atoms with Crippen molar-refractivity contribution >= 4 is 11.8 Å². The Morgan fingerprint density at radius 1 is 1.29 bits per heavy atom. The molecule has 0 saturated heterocycles. The molecule has 1 aromatic rings. The first-order valence-corrected chi connectivity index (χ1v) is 9.29. The van der Waals surface area contributed by atoms with E-state index in [4.69, 9.17) is 0 Å². The Bertz CT molecular complexity index is 415. The van der Waals surface area contributed by atoms with Crippen LogP contribution in [0.5, 0.6) is 0 Å². The highest BCUT2D eigenvalue weighted by Crippen LogP contribution is 2.32. The molecule has 1 atom stereocenters. The summed E-state index contributed by atoms with van der Waals surface area (Å²) in [6, 6.07) is 7.53. The number of hydrogen-bond acceptors (Lipinski definition) is 2. The largest absolute Gasteiger partial charge is 0.313 e. The standard InChI is InChI=1S/C18H28FNS/c1-3-11-20-18(15-9-7-14(2)8-10-15)13-21-17-6-4-5-16(19)12-17/h4-6,12,14-15,18,20H,3,7-11,13H2,1-2H3. The van der Waals surface area contributed by atoms with E-state index < -0.39 is 0 Å². The third-order valence-electron chi connectivity index (χ3n) is 4.51. The summed E-state index contributed by atoms with van der Waals surface area (Å²) in [7, 11) is 0. The minimum Gasteiger partial charge on any atom is -0.313 e. The van der Waals surface area contributed by atoms with E-state index >= 15 is 0 Å². The summed E-state index contributed by atoms with van der Waals surface area (Å²) in [4.78, 5) is 1.04. The summed E-state index contributed by atoms with van der Waals surface area (Å²) < 4.78 is 13.3. The SMILES string of the molecule is CCCNC(CSc1cccc(F)c1)C1CCC(C)CC1. The van der Waals surface area contributed by atoms with Crippen molar-refractivity contribution in [1.29, 1.82) is 0 Å². The molecule has 21 heavy (non-hydrogen) atoms. The molecule has 0 amide bonds. The van der Waals surface area contributed by atoms with Crippen LogP contribution in [0.3, 0.4) is 0 Å². The number of rotatable bonds is 7. The Morgan fingerprint density at radius 3 is 2.71 bits per heavy atom. The van der Waals surface area contributed by atoms with Gasteiger partial charge in [0.25, 0.3) is 0 Å². The van der Waals surface area contributed by atoms with E-state index in [1.807, 2.05) is 6.07 Å². The summed E-state index contributed by atoms with van der Waals surface area (Å²) in [5.41, 5.74) is 0. The molecule has 0 spiro atoms. The van der Waals surface area contributed by atoms with Crippen molar-refractivity contribution in [2.45, 2.75) is 56.9 Å². The minimum atomic E-state index is -0.135. The molecule has 1 saturated carbocycles. The third kappa shape index (κ3) is 5.63. The molecule has 1 unspecified atom stereocenters. The maximum atomic E-state index is 13.3. The van der Waals surface area contributed by atoms with Gasteiger partial charge in [0.05, 0.1) is 0 Å². The average Bonchev–Trinajstić information content (AvgIpc) is 2.49. The molecule has 1 aliphatic rings. The van der Waals surface area contributed by atoms with Gasteiger partial charge in [-0.1, -0.05) is 32.8 Å². The monoisotopic (exact) mass is 309 g/mol. The smallest absolute Gasteiger partial charge is 0.124 e. The summed E-state index contributed by atoms with van der Waals surface area (Å²) in [5, 5.41) is 3.72. The predicted octanol–water partition coefficient (Wildman–Crippen LogP) is 5.11. The van der Waals surface area contributed by atoms with Crippen LogP contribution in [0.15, 0.2) is 29.2 Å². The Labute approximate surface area is 133 Å². The second-order valence-electron chi connectivity index (χ2n) is 6.35. The van der Waals surface area contributed by atoms with E-state index in [2.05, 4.69) is 19.2 Å². The molecule has 0 aliphatic heterocycles. The Morgan fingerprint density at radius 2 is 2.05 bits per heavy atom. The molecule has 0 heterocycles. The molecule has 0 aromatic heterocycles. The second kappa shape index (κ2) is 8.79. The molecule has 0 radical (unpaired) electrons. The van der Waals surface area contributed by atoms with Gasteiger partial charge in [0.2, 0.25) is 0 Å². The van der Waals surface area contributed by atoms with E-state index in [1.54, 1.807) is 23.9 Å². The highest BCUT2D eigenvalue weighted by Gasteiger charge is 2.25. The van der Waals surface area contributed by atoms with Gasteiger partial charge in [0.1, 0.15) is 5.82 Å². The lowest BCUT2D eigenvalue weighted by molar-refractivity contribution is 0.242. The van der Waals surface area contributed by atoms with Gasteiger partial charge in [-0.15, -0.1) is 11.8 Å². The molecule has 1 aromatic carbocycles. The van der Waals surface area contributed by atoms with Crippen LogP contribution in [-0.4, -0.2) is 18.3 Å². The summed E-state index contributed by atoms with van der Waals surface area (Å²) in [6.07, 6.45) is 6.57. The highest BCUT2D eigenvalue weighted by molar-refractivity contribution is 7.99. The van der Waals surface area contributed by atoms with Gasteiger partial charge in [-0.3, -0.25) is 0 Å². The average molecular weight is 309 g/mol. The van der Waals surface area contributed by atoms with Crippen molar-refractivity contribution in [2.75, 3.05) is 12.3 Å². The first kappa shape index (κ1) is 16.8. The lowest BCUT2D eigenvalue weighted by Gasteiger charge is -2.33. The van der Waals surface area contributed by atoms with E-state index in [0.717, 1.165) is 29.0 Å². The predicted molar refractivity (Wildman–Crippen MR) is 90.3 cm³/mol. The van der Waals surface area contributed by atoms with Crippen LogP contribution in [0.4, 0.5) is 4.39 Å². The summed E-state index contributed by atoms with van der Waals surface area (Å²) in [5.74, 6) is 2.59. The number of benzene rings is 1. The number of halogens is 1. The van der Waals surface area contributed by atoms with E-state index in [-0.39, 0.29) is 5.82 Å². The molecule has 2 rings (SSSR count). The Kier molecular flexibility index (Phi) is 7.05. The lowest BCUT2D eigenvalue weighted by Crippen LogP contribution is -2.40. The van der Waals surface area contributed by atoms with Crippen LogP contribution >= 0.6 is 11.8 Å². The molecule has 1 aliphatic carbocycles. The fraction of sp³-hybridized carbons (Fsp3) is 0.667. The van der Waals surface area contributed by atoms with Crippen LogP contribution in [0.1, 0.15) is 46.0 Å². The fourth-order valence-electron chi connectivity index (χ4n) is 3.12. The van der Waals surface area contributed by atoms with E-state index in [1.165, 1.54) is 38.2 Å². The fourth-order valence-corrected chi connectivity index (χ4v) is 4.26. The Balaban J connectivity index is 1.89. The molecule has 1 fully saturated rings. The van der Waals surface area contributed by atoms with E-state index in [9.17, 15) is 4.39 Å². The van der Waals surface area contributed by atoms with Gasteiger partial charge in [-0.2, -0.15) is 0 Å². The van der Waals surface area contributed by atoms with Crippen LogP contribution < -0.4 is 5.32 Å². The maximum absolute atomic E-state index is 13.3. The molecule has 1 nitrogen and oxygen atoms in total. The number of thioether (sulfide) groups is 1. The normalized spacial score (nSPS) is 24.0. The lowest BCUT2D eigenvalue weighted by atomic mass is 9.79. The molecule has 1 N–H and O–H groups in total. The molecule has 118 valence electrons. The van der Waals surface area contributed by atoms with Crippen molar-refractivity contribution in [3.63, 3.8) is 0 Å². The zero-order valence-corrected chi connectivity index (χ0v) is 14.1. The molecular formula is C18H28FNS. The van der Waals surface area contributed by atoms with Crippen molar-refractivity contribution in [3.05, 3.63) is 30.1 Å². The van der Waals surface area contributed by atoms with Gasteiger partial charge >= 0.3 is 0 Å². The van der Waals surface area contributed by atoms with Crippen molar-refractivity contribution in [3.8, 4) is 0 Å². The zero-order valence-electron chi connectivity index (χ0n) is 13.3. The molecular weight excluding hydrogens is 281 g/mol. The second-order valence-corrected chi connectivity index (χ2v) is 7.44. The zero-order chi connectivity index (χ0) is 15.1. The van der Waals surface area contributed by atoms with Crippen LogP contribution in [-0.2, 0) is 0 Å². The van der Waals surface area contributed by atoms with Gasteiger partial charge in [0.15, 0.2) is 0 Å².